The summed E-state index contributed by atoms with van der Waals surface area (Å²) in [6, 6.07) is 0. The van der Waals surface area contributed by atoms with E-state index in [2.05, 4.69) is 93.7 Å². The summed E-state index contributed by atoms with van der Waals surface area (Å²) in [7, 11) is 0. The molecule has 0 spiro atoms. The van der Waals surface area contributed by atoms with Crippen molar-refractivity contribution in [1.82, 2.24) is 0 Å². The van der Waals surface area contributed by atoms with Gasteiger partial charge < -0.3 is 14.2 Å². The van der Waals surface area contributed by atoms with Crippen LogP contribution in [-0.2, 0) is 23.8 Å². The van der Waals surface area contributed by atoms with E-state index in [1.807, 2.05) is 0 Å². The van der Waals surface area contributed by atoms with E-state index in [1.165, 1.54) is 122 Å². The summed E-state index contributed by atoms with van der Waals surface area (Å²) in [4.78, 5) is 25.4. The molecule has 0 fully saturated rings. The molecule has 0 rings (SSSR count). The van der Waals surface area contributed by atoms with Gasteiger partial charge in [0.1, 0.15) is 6.61 Å². The summed E-state index contributed by atoms with van der Waals surface area (Å²) in [5, 5.41) is 0. The van der Waals surface area contributed by atoms with Gasteiger partial charge >= 0.3 is 11.9 Å². The quantitative estimate of drug-likeness (QED) is 0.0346. The van der Waals surface area contributed by atoms with E-state index in [0.29, 0.717) is 19.4 Å². The molecule has 0 saturated carbocycles. The Labute approximate surface area is 385 Å². The molecule has 5 heteroatoms. The van der Waals surface area contributed by atoms with E-state index in [4.69, 9.17) is 14.2 Å². The molecule has 0 bridgehead atoms. The summed E-state index contributed by atoms with van der Waals surface area (Å²) in [5.41, 5.74) is 0. The summed E-state index contributed by atoms with van der Waals surface area (Å²) in [6.45, 7) is 7.66. The highest BCUT2D eigenvalue weighted by atomic mass is 16.6. The maximum absolute atomic E-state index is 12.8. The minimum atomic E-state index is -0.555. The van der Waals surface area contributed by atoms with Crippen LogP contribution in [0.2, 0.25) is 0 Å². The van der Waals surface area contributed by atoms with Gasteiger partial charge in [-0.05, 0) is 109 Å². The minimum Gasteiger partial charge on any atom is -0.462 e. The van der Waals surface area contributed by atoms with Crippen LogP contribution in [0.4, 0.5) is 0 Å². The average molecular weight is 865 g/mol. The normalized spacial score (nSPS) is 12.8. The number of hydrogen-bond donors (Lipinski definition) is 0. The lowest BCUT2D eigenvalue weighted by atomic mass is 10.1. The molecule has 0 aliphatic rings. The van der Waals surface area contributed by atoms with Crippen LogP contribution in [0.25, 0.3) is 0 Å². The Morgan fingerprint density at radius 1 is 0.371 bits per heavy atom. The Morgan fingerprint density at radius 2 is 0.726 bits per heavy atom. The largest absolute Gasteiger partial charge is 0.462 e. The lowest BCUT2D eigenvalue weighted by molar-refractivity contribution is -0.163. The number of ether oxygens (including phenoxy) is 3. The number of hydrogen-bond acceptors (Lipinski definition) is 5. The standard InChI is InChI=1S/C57H100O5/c1-4-7-10-13-16-19-22-25-28-29-31-32-35-38-41-44-47-50-56(58)61-54-55(53-60-52-49-46-43-40-37-34-27-24-21-18-15-12-9-6-3)62-57(59)51-48-45-42-39-36-33-30-26-23-20-17-14-11-8-5-2/h7,10,16,19,21,24-26,28,30-32,55H,4-6,8-9,11-15,17-18,20,22-23,27,29,33-54H2,1-3H3/b10-7-,19-16-,24-21-,28-25-,30-26-,32-31-. The average Bonchev–Trinajstić information content (AvgIpc) is 3.27. The topological polar surface area (TPSA) is 61.8 Å². The van der Waals surface area contributed by atoms with Crippen LogP contribution < -0.4 is 0 Å². The van der Waals surface area contributed by atoms with E-state index >= 15 is 0 Å². The second-order valence-corrected chi connectivity index (χ2v) is 17.4. The molecule has 358 valence electrons. The predicted octanol–water partition coefficient (Wildman–Crippen LogP) is 17.9. The van der Waals surface area contributed by atoms with Crippen LogP contribution in [0.1, 0.15) is 252 Å². The van der Waals surface area contributed by atoms with Gasteiger partial charge in [-0.25, -0.2) is 0 Å². The van der Waals surface area contributed by atoms with Crippen molar-refractivity contribution in [3.8, 4) is 0 Å². The van der Waals surface area contributed by atoms with Crippen molar-refractivity contribution in [3.63, 3.8) is 0 Å². The van der Waals surface area contributed by atoms with Crippen molar-refractivity contribution in [1.29, 1.82) is 0 Å². The highest BCUT2D eigenvalue weighted by Crippen LogP contribution is 2.13. The number of carbonyl (C=O) groups is 2. The van der Waals surface area contributed by atoms with Crippen LogP contribution in [0, 0.1) is 0 Å². The van der Waals surface area contributed by atoms with Crippen LogP contribution in [0.5, 0.6) is 0 Å². The summed E-state index contributed by atoms with van der Waals surface area (Å²) in [6.07, 6.45) is 67.6. The van der Waals surface area contributed by atoms with Gasteiger partial charge in [0.15, 0.2) is 6.10 Å². The zero-order valence-electron chi connectivity index (χ0n) is 41.1. The van der Waals surface area contributed by atoms with Gasteiger partial charge in [0.25, 0.3) is 0 Å². The third-order valence-corrected chi connectivity index (χ3v) is 11.2. The van der Waals surface area contributed by atoms with Gasteiger partial charge in [-0.3, -0.25) is 9.59 Å². The maximum atomic E-state index is 12.8. The molecule has 1 unspecified atom stereocenters. The summed E-state index contributed by atoms with van der Waals surface area (Å²) < 4.78 is 17.4. The van der Waals surface area contributed by atoms with Gasteiger partial charge in [-0.1, -0.05) is 203 Å². The van der Waals surface area contributed by atoms with E-state index in [0.717, 1.165) is 96.3 Å². The lowest BCUT2D eigenvalue weighted by Crippen LogP contribution is -2.30. The number of allylic oxidation sites excluding steroid dienone is 12. The van der Waals surface area contributed by atoms with Crippen molar-refractivity contribution in [2.24, 2.45) is 0 Å². The Balaban J connectivity index is 4.33. The molecule has 0 saturated heterocycles. The van der Waals surface area contributed by atoms with E-state index < -0.39 is 6.10 Å². The fourth-order valence-corrected chi connectivity index (χ4v) is 7.25. The van der Waals surface area contributed by atoms with Crippen molar-refractivity contribution < 1.29 is 23.8 Å². The fraction of sp³-hybridized carbons (Fsp3) is 0.754. The second-order valence-electron chi connectivity index (χ2n) is 17.4. The van der Waals surface area contributed by atoms with Crippen molar-refractivity contribution >= 4 is 11.9 Å². The molecule has 0 heterocycles. The molecule has 0 aromatic heterocycles. The summed E-state index contributed by atoms with van der Waals surface area (Å²) >= 11 is 0. The first-order valence-corrected chi connectivity index (χ1v) is 26.5. The first kappa shape index (κ1) is 59.3. The molecule has 0 aromatic carbocycles. The molecule has 0 amide bonds. The molecule has 0 aliphatic heterocycles. The Bertz CT molecular complexity index is 1110. The zero-order chi connectivity index (χ0) is 44.9. The molecule has 0 radical (unpaired) electrons. The Hall–Kier alpha value is -2.66. The zero-order valence-corrected chi connectivity index (χ0v) is 41.1. The number of unbranched alkanes of at least 4 members (excludes halogenated alkanes) is 25. The SMILES string of the molecule is CC/C=C\C/C=C\C/C=C\C/C=C\CCCCCCC(=O)OCC(COCCCCCCCC/C=C\CCCCCC)OC(=O)CCCCCCC/C=C\CCCCCCCC. The Kier molecular flexibility index (Phi) is 50.4. The highest BCUT2D eigenvalue weighted by molar-refractivity contribution is 5.70. The monoisotopic (exact) mass is 865 g/mol. The van der Waals surface area contributed by atoms with Gasteiger partial charge in [0.2, 0.25) is 0 Å². The molecule has 0 aliphatic carbocycles. The van der Waals surface area contributed by atoms with Crippen LogP contribution >= 0.6 is 0 Å². The van der Waals surface area contributed by atoms with Crippen LogP contribution in [-0.4, -0.2) is 37.9 Å². The van der Waals surface area contributed by atoms with E-state index in [9.17, 15) is 9.59 Å². The molecule has 0 aromatic rings. The van der Waals surface area contributed by atoms with Gasteiger partial charge in [-0.2, -0.15) is 0 Å². The molecular weight excluding hydrogens is 765 g/mol. The smallest absolute Gasteiger partial charge is 0.306 e. The van der Waals surface area contributed by atoms with E-state index in [1.54, 1.807) is 0 Å². The molecule has 0 N–H and O–H groups in total. The maximum Gasteiger partial charge on any atom is 0.306 e. The first-order valence-electron chi connectivity index (χ1n) is 26.5. The third-order valence-electron chi connectivity index (χ3n) is 11.2. The third kappa shape index (κ3) is 50.0. The lowest BCUT2D eigenvalue weighted by Gasteiger charge is -2.18. The number of esters is 2. The van der Waals surface area contributed by atoms with Gasteiger partial charge in [0.05, 0.1) is 6.61 Å². The van der Waals surface area contributed by atoms with Crippen molar-refractivity contribution in [2.75, 3.05) is 19.8 Å². The molecule has 5 nitrogen and oxygen atoms in total. The van der Waals surface area contributed by atoms with Crippen molar-refractivity contribution in [2.45, 2.75) is 258 Å². The van der Waals surface area contributed by atoms with Gasteiger partial charge in [0, 0.05) is 19.4 Å². The minimum absolute atomic E-state index is 0.0654. The molecular formula is C57H100O5. The second kappa shape index (κ2) is 52.7. The Morgan fingerprint density at radius 3 is 1.19 bits per heavy atom. The molecule has 62 heavy (non-hydrogen) atoms. The number of carbonyl (C=O) groups excluding carboxylic acids is 2. The molecule has 1 atom stereocenters. The van der Waals surface area contributed by atoms with Gasteiger partial charge in [-0.15, -0.1) is 0 Å². The predicted molar refractivity (Wildman–Crippen MR) is 270 cm³/mol. The van der Waals surface area contributed by atoms with Crippen LogP contribution in [0.3, 0.4) is 0 Å². The number of rotatable bonds is 48. The first-order chi connectivity index (χ1) is 30.6. The van der Waals surface area contributed by atoms with Crippen molar-refractivity contribution in [3.05, 3.63) is 72.9 Å². The van der Waals surface area contributed by atoms with Crippen LogP contribution in [0.15, 0.2) is 72.9 Å². The van der Waals surface area contributed by atoms with E-state index in [-0.39, 0.29) is 25.2 Å². The summed E-state index contributed by atoms with van der Waals surface area (Å²) in [5.74, 6) is -0.434. The highest BCUT2D eigenvalue weighted by Gasteiger charge is 2.17. The fourth-order valence-electron chi connectivity index (χ4n) is 7.25.